The van der Waals surface area contributed by atoms with Crippen molar-refractivity contribution in [3.63, 3.8) is 0 Å². The van der Waals surface area contributed by atoms with Crippen LogP contribution < -0.4 is 11.1 Å². The first-order chi connectivity index (χ1) is 8.16. The minimum Gasteiger partial charge on any atom is -0.397 e. The van der Waals surface area contributed by atoms with Gasteiger partial charge in [-0.25, -0.2) is 8.78 Å². The first-order valence-electron chi connectivity index (χ1n) is 4.69. The standard InChI is InChI=1S/C10H9BrF4N2O/c1-4-2-5(11)3-6(16)7(4)17-9(18)10(14,15)8(12)13/h2-3,8H,16H2,1H3,(H,17,18). The van der Waals surface area contributed by atoms with Crippen LogP contribution in [0.1, 0.15) is 5.56 Å². The van der Waals surface area contributed by atoms with Crippen molar-refractivity contribution < 1.29 is 22.4 Å². The lowest BCUT2D eigenvalue weighted by Crippen LogP contribution is -2.41. The fraction of sp³-hybridized carbons (Fsp3) is 0.300. The van der Waals surface area contributed by atoms with Crippen LogP contribution in [-0.2, 0) is 4.79 Å². The summed E-state index contributed by atoms with van der Waals surface area (Å²) in [6.45, 7) is 1.50. The molecule has 8 heteroatoms. The third-order valence-electron chi connectivity index (χ3n) is 2.15. The van der Waals surface area contributed by atoms with E-state index in [4.69, 9.17) is 5.73 Å². The van der Waals surface area contributed by atoms with Crippen LogP contribution in [-0.4, -0.2) is 18.3 Å². The molecular formula is C10H9BrF4N2O. The Bertz CT molecular complexity index is 456. The second kappa shape index (κ2) is 5.13. The Kier molecular flexibility index (Phi) is 4.20. The highest BCUT2D eigenvalue weighted by Crippen LogP contribution is 2.30. The quantitative estimate of drug-likeness (QED) is 0.661. The van der Waals surface area contributed by atoms with Gasteiger partial charge in [-0.05, 0) is 24.6 Å². The number of halogens is 5. The van der Waals surface area contributed by atoms with Crippen LogP contribution >= 0.6 is 15.9 Å². The number of amides is 1. The first kappa shape index (κ1) is 14.7. The number of anilines is 2. The Morgan fingerprint density at radius 1 is 1.44 bits per heavy atom. The van der Waals surface area contributed by atoms with Gasteiger partial charge in [0.15, 0.2) is 0 Å². The van der Waals surface area contributed by atoms with Crippen molar-refractivity contribution in [2.45, 2.75) is 19.3 Å². The maximum Gasteiger partial charge on any atom is 0.383 e. The number of nitrogen functional groups attached to an aromatic ring is 1. The number of alkyl halides is 4. The number of benzene rings is 1. The summed E-state index contributed by atoms with van der Waals surface area (Å²) in [5, 5.41) is 1.71. The first-order valence-corrected chi connectivity index (χ1v) is 5.48. The van der Waals surface area contributed by atoms with Crippen LogP contribution in [0.3, 0.4) is 0 Å². The highest BCUT2D eigenvalue weighted by Gasteiger charge is 2.49. The Balaban J connectivity index is 3.03. The number of carbonyl (C=O) groups excluding carboxylic acids is 1. The average Bonchev–Trinajstić information content (AvgIpc) is 2.22. The average molecular weight is 329 g/mol. The Hall–Kier alpha value is -1.31. The molecule has 0 aromatic heterocycles. The number of aryl methyl sites for hydroxylation is 1. The molecule has 0 bridgehead atoms. The second-order valence-corrected chi connectivity index (χ2v) is 4.48. The van der Waals surface area contributed by atoms with Crippen molar-refractivity contribution in [3.05, 3.63) is 22.2 Å². The number of hydrogen-bond donors (Lipinski definition) is 2. The molecule has 0 unspecified atom stereocenters. The zero-order valence-corrected chi connectivity index (χ0v) is 10.7. The Morgan fingerprint density at radius 3 is 2.44 bits per heavy atom. The number of carbonyl (C=O) groups is 1. The third-order valence-corrected chi connectivity index (χ3v) is 2.60. The van der Waals surface area contributed by atoms with Gasteiger partial charge in [0.2, 0.25) is 0 Å². The van der Waals surface area contributed by atoms with E-state index in [-0.39, 0.29) is 11.4 Å². The fourth-order valence-electron chi connectivity index (χ4n) is 1.24. The highest BCUT2D eigenvalue weighted by atomic mass is 79.9. The molecular weight excluding hydrogens is 320 g/mol. The summed E-state index contributed by atoms with van der Waals surface area (Å²) in [7, 11) is 0. The highest BCUT2D eigenvalue weighted by molar-refractivity contribution is 9.10. The molecule has 0 spiro atoms. The van der Waals surface area contributed by atoms with Crippen LogP contribution in [0.15, 0.2) is 16.6 Å². The predicted octanol–water partition coefficient (Wildman–Crippen LogP) is 3.18. The van der Waals surface area contributed by atoms with Crippen LogP contribution in [0.4, 0.5) is 28.9 Å². The summed E-state index contributed by atoms with van der Waals surface area (Å²) >= 11 is 3.12. The SMILES string of the molecule is Cc1cc(Br)cc(N)c1NC(=O)C(F)(F)C(F)F. The van der Waals surface area contributed by atoms with Crippen molar-refractivity contribution >= 4 is 33.2 Å². The van der Waals surface area contributed by atoms with Gasteiger partial charge in [-0.3, -0.25) is 4.79 Å². The smallest absolute Gasteiger partial charge is 0.383 e. The minimum atomic E-state index is -4.76. The number of hydrogen-bond acceptors (Lipinski definition) is 2. The lowest BCUT2D eigenvalue weighted by molar-refractivity contribution is -0.163. The van der Waals surface area contributed by atoms with Crippen molar-refractivity contribution in [1.82, 2.24) is 0 Å². The molecule has 1 rings (SSSR count). The van der Waals surface area contributed by atoms with Gasteiger partial charge in [0, 0.05) is 4.47 Å². The number of nitrogens with one attached hydrogen (secondary N) is 1. The van der Waals surface area contributed by atoms with Crippen LogP contribution in [0.25, 0.3) is 0 Å². The summed E-state index contributed by atoms with van der Waals surface area (Å²) in [6, 6.07) is 2.87. The van der Waals surface area contributed by atoms with Gasteiger partial charge >= 0.3 is 18.3 Å². The molecule has 3 N–H and O–H groups in total. The lowest BCUT2D eigenvalue weighted by atomic mass is 10.1. The number of nitrogens with two attached hydrogens (primary N) is 1. The molecule has 0 aliphatic rings. The summed E-state index contributed by atoms with van der Waals surface area (Å²) in [4.78, 5) is 11.1. The van der Waals surface area contributed by atoms with E-state index in [0.717, 1.165) is 0 Å². The molecule has 1 amide bonds. The summed E-state index contributed by atoms with van der Waals surface area (Å²) in [5.41, 5.74) is 5.78. The van der Waals surface area contributed by atoms with Crippen molar-refractivity contribution in [3.8, 4) is 0 Å². The van der Waals surface area contributed by atoms with E-state index in [9.17, 15) is 22.4 Å². The molecule has 3 nitrogen and oxygen atoms in total. The maximum absolute atomic E-state index is 12.8. The molecule has 0 atom stereocenters. The van der Waals surface area contributed by atoms with Crippen LogP contribution in [0.5, 0.6) is 0 Å². The summed E-state index contributed by atoms with van der Waals surface area (Å²) in [5.74, 6) is -6.85. The van der Waals surface area contributed by atoms with Gasteiger partial charge in [-0.2, -0.15) is 8.78 Å². The topological polar surface area (TPSA) is 55.1 Å². The molecule has 1 aromatic rings. The zero-order valence-electron chi connectivity index (χ0n) is 9.11. The van der Waals surface area contributed by atoms with E-state index in [2.05, 4.69) is 15.9 Å². The van der Waals surface area contributed by atoms with E-state index in [1.54, 1.807) is 5.32 Å². The minimum absolute atomic E-state index is 0.000270. The van der Waals surface area contributed by atoms with Crippen molar-refractivity contribution in [1.29, 1.82) is 0 Å². The summed E-state index contributed by atoms with van der Waals surface area (Å²) in [6.07, 6.45) is -4.07. The van der Waals surface area contributed by atoms with Gasteiger partial charge in [0.05, 0.1) is 11.4 Å². The molecule has 0 saturated heterocycles. The molecule has 100 valence electrons. The molecule has 0 aliphatic carbocycles. The van der Waals surface area contributed by atoms with E-state index < -0.39 is 18.3 Å². The molecule has 0 aliphatic heterocycles. The Labute approximate surface area is 108 Å². The van der Waals surface area contributed by atoms with Crippen molar-refractivity contribution in [2.75, 3.05) is 11.1 Å². The van der Waals surface area contributed by atoms with Crippen molar-refractivity contribution in [2.24, 2.45) is 0 Å². The second-order valence-electron chi connectivity index (χ2n) is 3.56. The number of rotatable bonds is 3. The van der Waals surface area contributed by atoms with Gasteiger partial charge in [-0.1, -0.05) is 15.9 Å². The van der Waals surface area contributed by atoms with E-state index >= 15 is 0 Å². The predicted molar refractivity (Wildman–Crippen MR) is 62.9 cm³/mol. The molecule has 0 heterocycles. The van der Waals surface area contributed by atoms with E-state index in [1.807, 2.05) is 0 Å². The van der Waals surface area contributed by atoms with Gasteiger partial charge < -0.3 is 11.1 Å². The van der Waals surface area contributed by atoms with E-state index in [0.29, 0.717) is 10.0 Å². The molecule has 1 aromatic carbocycles. The summed E-state index contributed by atoms with van der Waals surface area (Å²) < 4.78 is 50.1. The third kappa shape index (κ3) is 2.92. The monoisotopic (exact) mass is 328 g/mol. The fourth-order valence-corrected chi connectivity index (χ4v) is 1.83. The normalized spacial score (nSPS) is 11.7. The molecule has 0 fully saturated rings. The Morgan fingerprint density at radius 2 is 2.00 bits per heavy atom. The largest absolute Gasteiger partial charge is 0.397 e. The van der Waals surface area contributed by atoms with Gasteiger partial charge in [0.25, 0.3) is 0 Å². The van der Waals surface area contributed by atoms with E-state index in [1.165, 1.54) is 19.1 Å². The zero-order chi connectivity index (χ0) is 14.1. The van der Waals surface area contributed by atoms with Crippen LogP contribution in [0, 0.1) is 6.92 Å². The molecule has 0 saturated carbocycles. The lowest BCUT2D eigenvalue weighted by Gasteiger charge is -2.17. The van der Waals surface area contributed by atoms with Gasteiger partial charge in [-0.15, -0.1) is 0 Å². The maximum atomic E-state index is 12.8. The van der Waals surface area contributed by atoms with Crippen LogP contribution in [0.2, 0.25) is 0 Å². The molecule has 0 radical (unpaired) electrons. The van der Waals surface area contributed by atoms with Gasteiger partial charge in [0.1, 0.15) is 0 Å². The molecule has 18 heavy (non-hydrogen) atoms.